The van der Waals surface area contributed by atoms with Crippen LogP contribution in [0.4, 0.5) is 0 Å². The Balaban J connectivity index is 1.62. The molecular weight excluding hydrogens is 512 g/mol. The van der Waals surface area contributed by atoms with Crippen molar-refractivity contribution in [2.45, 2.75) is 0 Å². The number of rotatable bonds is 3. The van der Waals surface area contributed by atoms with Crippen LogP contribution in [0.15, 0.2) is 145 Å². The molecule has 0 amide bonds. The summed E-state index contributed by atoms with van der Waals surface area (Å²) in [6.45, 7) is 0. The zero-order valence-corrected chi connectivity index (χ0v) is 21.5. The summed E-state index contributed by atoms with van der Waals surface area (Å²) >= 11 is 0. The van der Waals surface area contributed by atoms with Gasteiger partial charge in [-0.3, -0.25) is 4.57 Å². The lowest BCUT2D eigenvalue weighted by molar-refractivity contribution is 1.01. The molecule has 42 heavy (non-hydrogen) atoms. The van der Waals surface area contributed by atoms with Gasteiger partial charge in [-0.1, -0.05) is 103 Å². The van der Waals surface area contributed by atoms with Crippen molar-refractivity contribution in [2.75, 3.05) is 0 Å². The van der Waals surface area contributed by atoms with E-state index in [0.717, 1.165) is 4.57 Å². The van der Waals surface area contributed by atoms with Crippen LogP contribution in [-0.4, -0.2) is 19.1 Å². The van der Waals surface area contributed by atoms with E-state index in [4.69, 9.17) is 23.7 Å². The number of fused-ring (bicyclic) bond motifs is 8. The fourth-order valence-corrected chi connectivity index (χ4v) is 5.59. The van der Waals surface area contributed by atoms with E-state index in [1.54, 1.807) is 12.1 Å². The van der Waals surface area contributed by atoms with E-state index < -0.39 is 96.3 Å². The molecule has 196 valence electrons. The molecule has 0 radical (unpaired) electrons. The molecule has 0 saturated heterocycles. The van der Waals surface area contributed by atoms with Gasteiger partial charge >= 0.3 is 0 Å². The molecule has 0 spiro atoms. The number of hydrogen-bond donors (Lipinski definition) is 0. The molecule has 0 fully saturated rings. The van der Waals surface area contributed by atoms with Gasteiger partial charge in [0.1, 0.15) is 0 Å². The second-order valence-electron chi connectivity index (χ2n) is 9.54. The zero-order chi connectivity index (χ0) is 40.7. The minimum absolute atomic E-state index is 0.118. The Morgan fingerprint density at radius 1 is 0.476 bits per heavy atom. The first-order chi connectivity index (χ1) is 27.1. The molecule has 0 atom stereocenters. The second kappa shape index (κ2) is 8.88. The van der Waals surface area contributed by atoms with Crippen LogP contribution in [0.1, 0.15) is 20.6 Å². The first-order valence-electron chi connectivity index (χ1n) is 20.5. The van der Waals surface area contributed by atoms with Gasteiger partial charge in [-0.2, -0.15) is 0 Å². The molecule has 0 bridgehead atoms. The molecule has 4 heteroatoms. The largest absolute Gasteiger partial charge is 0.309 e. The summed E-state index contributed by atoms with van der Waals surface area (Å²) in [5.74, 6) is -0.124. The summed E-state index contributed by atoms with van der Waals surface area (Å²) in [4.78, 5) is 9.75. The van der Waals surface area contributed by atoms with Crippen LogP contribution >= 0.6 is 0 Å². The first-order valence-corrected chi connectivity index (χ1v) is 13.0. The third-order valence-electron chi connectivity index (χ3n) is 7.30. The summed E-state index contributed by atoms with van der Waals surface area (Å²) in [6.07, 6.45) is 0. The van der Waals surface area contributed by atoms with E-state index in [1.165, 1.54) is 4.57 Å². The molecular formula is C38H24N4. The molecule has 9 aromatic rings. The highest BCUT2D eigenvalue weighted by molar-refractivity contribution is 6.28. The molecule has 3 aromatic heterocycles. The third kappa shape index (κ3) is 3.23. The number of aromatic nitrogens is 4. The maximum absolute atomic E-state index is 9.61. The van der Waals surface area contributed by atoms with Crippen molar-refractivity contribution >= 4 is 54.5 Å². The Kier molecular flexibility index (Phi) is 2.71. The Labute approximate surface area is 262 Å². The minimum Gasteiger partial charge on any atom is -0.309 e. The lowest BCUT2D eigenvalue weighted by atomic mass is 10.1. The molecule has 4 nitrogen and oxygen atoms in total. The Morgan fingerprint density at radius 3 is 1.81 bits per heavy atom. The first kappa shape index (κ1) is 12.8. The molecule has 9 rings (SSSR count). The lowest BCUT2D eigenvalue weighted by Crippen LogP contribution is -2.03. The maximum atomic E-state index is 9.61. The molecule has 0 saturated carbocycles. The number of para-hydroxylation sites is 4. The molecule has 0 N–H and O–H groups in total. The molecule has 0 unspecified atom stereocenters. The fourth-order valence-electron chi connectivity index (χ4n) is 5.59. The fraction of sp³-hybridized carbons (Fsp3) is 0. The van der Waals surface area contributed by atoms with E-state index in [-0.39, 0.29) is 49.6 Å². The zero-order valence-electron chi connectivity index (χ0n) is 36.5. The summed E-state index contributed by atoms with van der Waals surface area (Å²) in [7, 11) is 0. The van der Waals surface area contributed by atoms with Crippen LogP contribution in [0.25, 0.3) is 77.4 Å². The Morgan fingerprint density at radius 2 is 1.07 bits per heavy atom. The molecule has 3 heterocycles. The van der Waals surface area contributed by atoms with Crippen molar-refractivity contribution in [2.24, 2.45) is 0 Å². The van der Waals surface area contributed by atoms with Crippen molar-refractivity contribution in [1.82, 2.24) is 19.1 Å². The quantitative estimate of drug-likeness (QED) is 0.219. The van der Waals surface area contributed by atoms with Gasteiger partial charge in [-0.15, -0.1) is 0 Å². The topological polar surface area (TPSA) is 35.6 Å². The highest BCUT2D eigenvalue weighted by atomic mass is 15.2. The predicted molar refractivity (Wildman–Crippen MR) is 174 cm³/mol. The maximum Gasteiger partial charge on any atom is 0.235 e. The van der Waals surface area contributed by atoms with Crippen molar-refractivity contribution in [3.63, 3.8) is 0 Å². The molecule has 0 aliphatic carbocycles. The summed E-state index contributed by atoms with van der Waals surface area (Å²) in [6, 6.07) is 6.18. The standard InChI is InChI=1S/C38H24N4/c1-3-13-25(14-4-1)37-27-17-7-10-20-30(27)39-38(40-37)42-32-22-12-9-19-29(32)36-34(42)24-23-33-35(36)28-18-8-11-21-31(28)41(33)26-15-5-2-6-16-26/h1-24H/i2D,5D,6D,8D,9D,11D,12D,15D,16D,18D,19D,21D,22D,23D,24D. The van der Waals surface area contributed by atoms with E-state index in [9.17, 15) is 6.85 Å². The Bertz CT molecular complexity index is 3270. The van der Waals surface area contributed by atoms with Crippen LogP contribution in [0.3, 0.4) is 0 Å². The Hall–Kier alpha value is -5.74. The van der Waals surface area contributed by atoms with E-state index in [1.807, 2.05) is 42.5 Å². The number of benzene rings is 6. The van der Waals surface area contributed by atoms with E-state index >= 15 is 0 Å². The summed E-state index contributed by atoms with van der Waals surface area (Å²) < 4.78 is 136. The highest BCUT2D eigenvalue weighted by Crippen LogP contribution is 2.42. The van der Waals surface area contributed by atoms with Gasteiger partial charge in [0.2, 0.25) is 5.95 Å². The third-order valence-corrected chi connectivity index (χ3v) is 7.30. The molecule has 0 aliphatic rings. The van der Waals surface area contributed by atoms with Crippen molar-refractivity contribution in [1.29, 1.82) is 0 Å². The van der Waals surface area contributed by atoms with Crippen LogP contribution in [-0.2, 0) is 0 Å². The van der Waals surface area contributed by atoms with Gasteiger partial charge in [0.25, 0.3) is 0 Å². The van der Waals surface area contributed by atoms with Crippen molar-refractivity contribution in [3.8, 4) is 22.9 Å². The van der Waals surface area contributed by atoms with Crippen LogP contribution in [0.5, 0.6) is 0 Å². The van der Waals surface area contributed by atoms with Crippen LogP contribution < -0.4 is 0 Å². The van der Waals surface area contributed by atoms with Crippen LogP contribution in [0, 0.1) is 0 Å². The minimum atomic E-state index is -0.756. The highest BCUT2D eigenvalue weighted by Gasteiger charge is 2.22. The second-order valence-corrected chi connectivity index (χ2v) is 9.54. The van der Waals surface area contributed by atoms with Gasteiger partial charge in [-0.05, 0) is 42.3 Å². The average molecular weight is 552 g/mol. The normalized spacial score (nSPS) is 16.8. The smallest absolute Gasteiger partial charge is 0.235 e. The monoisotopic (exact) mass is 551 g/mol. The average Bonchev–Trinajstić information content (AvgIpc) is 3.76. The summed E-state index contributed by atoms with van der Waals surface area (Å²) in [5, 5.41) is -0.0791. The molecule has 6 aromatic carbocycles. The van der Waals surface area contributed by atoms with Gasteiger partial charge in [0.15, 0.2) is 0 Å². The lowest BCUT2D eigenvalue weighted by Gasteiger charge is -2.12. The van der Waals surface area contributed by atoms with Crippen molar-refractivity contribution < 1.29 is 20.6 Å². The van der Waals surface area contributed by atoms with Crippen LogP contribution in [0.2, 0.25) is 0 Å². The summed E-state index contributed by atoms with van der Waals surface area (Å²) in [5.41, 5.74) is -0.0393. The van der Waals surface area contributed by atoms with E-state index in [0.29, 0.717) is 22.2 Å². The number of hydrogen-bond acceptors (Lipinski definition) is 2. The number of nitrogens with zero attached hydrogens (tertiary/aromatic N) is 4. The van der Waals surface area contributed by atoms with Gasteiger partial charge < -0.3 is 4.57 Å². The van der Waals surface area contributed by atoms with Gasteiger partial charge in [-0.25, -0.2) is 9.97 Å². The van der Waals surface area contributed by atoms with E-state index in [2.05, 4.69) is 0 Å². The predicted octanol–water partition coefficient (Wildman–Crippen LogP) is 9.49. The van der Waals surface area contributed by atoms with Crippen molar-refractivity contribution in [3.05, 3.63) is 145 Å². The van der Waals surface area contributed by atoms with Gasteiger partial charge in [0.05, 0.1) is 53.8 Å². The van der Waals surface area contributed by atoms with Gasteiger partial charge in [0, 0.05) is 38.2 Å². The molecule has 0 aliphatic heterocycles. The SMILES string of the molecule is [2H]c1c([2H])c([2H])c(-n2c3c([2H])c([2H])c([2H])c([2H])c3c3c4c5c([2H])c([2H])c([2H])c([2H])c5n(-c5nc(-c6ccccc6)c6ccccc6n5)c4c([2H])c([2H])c32)c([2H])c1[2H].